The molecular weight excluding hydrogens is 569 g/mol. The van der Waals surface area contributed by atoms with Gasteiger partial charge in [-0.25, -0.2) is 0 Å². The summed E-state index contributed by atoms with van der Waals surface area (Å²) in [5, 5.41) is 9.94. The van der Waals surface area contributed by atoms with Gasteiger partial charge in [0.2, 0.25) is 0 Å². The maximum atomic E-state index is 9.94. The van der Waals surface area contributed by atoms with E-state index >= 15 is 0 Å². The first-order chi connectivity index (χ1) is 22.5. The van der Waals surface area contributed by atoms with E-state index in [9.17, 15) is 5.11 Å². The van der Waals surface area contributed by atoms with Gasteiger partial charge in [-0.3, -0.25) is 0 Å². The number of rotatable bonds is 23. The molecule has 0 radical (unpaired) electrons. The summed E-state index contributed by atoms with van der Waals surface area (Å²) in [5.41, 5.74) is 12.9. The molecule has 0 saturated carbocycles. The fourth-order valence-corrected chi connectivity index (χ4v) is 5.55. The Labute approximate surface area is 291 Å². The predicted molar refractivity (Wildman–Crippen MR) is 212 cm³/mol. The lowest BCUT2D eigenvalue weighted by Gasteiger charge is -2.04. The van der Waals surface area contributed by atoms with Crippen molar-refractivity contribution in [2.75, 3.05) is 0 Å². The van der Waals surface area contributed by atoms with Gasteiger partial charge in [0.1, 0.15) is 5.75 Å². The molecule has 0 unspecified atom stereocenters. The fourth-order valence-electron chi connectivity index (χ4n) is 5.55. The van der Waals surface area contributed by atoms with Crippen molar-refractivity contribution >= 4 is 0 Å². The van der Waals surface area contributed by atoms with Crippen molar-refractivity contribution in [3.05, 3.63) is 123 Å². The molecule has 0 fully saturated rings. The van der Waals surface area contributed by atoms with Gasteiger partial charge < -0.3 is 5.11 Å². The van der Waals surface area contributed by atoms with Gasteiger partial charge in [-0.15, -0.1) is 0 Å². The largest absolute Gasteiger partial charge is 0.508 e. The molecular formula is C46H70O. The summed E-state index contributed by atoms with van der Waals surface area (Å²) in [6, 6.07) is 7.61. The highest BCUT2D eigenvalue weighted by atomic mass is 16.3. The monoisotopic (exact) mass is 639 g/mol. The molecule has 260 valence electrons. The van der Waals surface area contributed by atoms with E-state index in [0.29, 0.717) is 5.75 Å². The van der Waals surface area contributed by atoms with Crippen LogP contribution in [-0.4, -0.2) is 5.11 Å². The number of benzene rings is 1. The molecule has 0 saturated heterocycles. The van der Waals surface area contributed by atoms with Crippen molar-refractivity contribution < 1.29 is 5.11 Å². The number of phenolic OH excluding ortho intramolecular Hbond substituents is 1. The molecule has 1 rings (SSSR count). The summed E-state index contributed by atoms with van der Waals surface area (Å²) in [6.45, 7) is 20.3. The zero-order valence-corrected chi connectivity index (χ0v) is 32.0. The molecule has 0 aliphatic rings. The van der Waals surface area contributed by atoms with E-state index in [4.69, 9.17) is 0 Å². The summed E-state index contributed by atoms with van der Waals surface area (Å²) in [4.78, 5) is 0. The molecule has 0 atom stereocenters. The third kappa shape index (κ3) is 23.8. The zero-order valence-electron chi connectivity index (χ0n) is 32.0. The van der Waals surface area contributed by atoms with Crippen molar-refractivity contribution in [2.24, 2.45) is 0 Å². The molecule has 1 aromatic rings. The molecule has 1 heteroatoms. The van der Waals surface area contributed by atoms with Gasteiger partial charge in [0.25, 0.3) is 0 Å². The molecule has 1 N–H and O–H groups in total. The standard InChI is InChI=1S/C46H70O/c1-37(2)19-12-20-38(3)21-13-22-39(4)23-14-24-40(5)25-15-26-41(6)27-16-28-42(7)29-17-30-43(8)31-18-32-44(9)35-36-45-33-10-11-34-46(45)47/h10-11,19,21,23,25,27,29,31,33-35,47H,12-18,20,22,24,26,28,30,32,36H2,1-9H3. The number of hydrogen-bond acceptors (Lipinski definition) is 1. The molecule has 0 amide bonds. The normalized spacial score (nSPS) is 14.2. The molecule has 1 nitrogen and oxygen atoms in total. The van der Waals surface area contributed by atoms with Gasteiger partial charge >= 0.3 is 0 Å². The summed E-state index contributed by atoms with van der Waals surface area (Å²) in [5.74, 6) is 0.389. The maximum absolute atomic E-state index is 9.94. The van der Waals surface area contributed by atoms with Gasteiger partial charge in [-0.1, -0.05) is 111 Å². The molecule has 0 heterocycles. The molecule has 0 spiro atoms. The van der Waals surface area contributed by atoms with Crippen molar-refractivity contribution in [2.45, 2.75) is 159 Å². The minimum atomic E-state index is 0.389. The van der Waals surface area contributed by atoms with Crippen LogP contribution in [0.2, 0.25) is 0 Å². The average molecular weight is 639 g/mol. The van der Waals surface area contributed by atoms with Crippen LogP contribution in [0.25, 0.3) is 0 Å². The Morgan fingerprint density at radius 2 is 0.681 bits per heavy atom. The lowest BCUT2D eigenvalue weighted by molar-refractivity contribution is 0.469. The minimum Gasteiger partial charge on any atom is -0.508 e. The van der Waals surface area contributed by atoms with Gasteiger partial charge in [-0.05, 0) is 170 Å². The first kappa shape index (κ1) is 42.0. The second-order valence-electron chi connectivity index (χ2n) is 14.2. The highest BCUT2D eigenvalue weighted by Crippen LogP contribution is 2.19. The van der Waals surface area contributed by atoms with Crippen LogP contribution >= 0.6 is 0 Å². The number of allylic oxidation sites excluding steroid dienone is 16. The van der Waals surface area contributed by atoms with Gasteiger partial charge in [0, 0.05) is 0 Å². The van der Waals surface area contributed by atoms with E-state index in [-0.39, 0.29) is 0 Å². The van der Waals surface area contributed by atoms with E-state index in [0.717, 1.165) is 63.4 Å². The van der Waals surface area contributed by atoms with E-state index in [2.05, 4.69) is 111 Å². The molecule has 0 bridgehead atoms. The second-order valence-corrected chi connectivity index (χ2v) is 14.2. The maximum Gasteiger partial charge on any atom is 0.119 e. The van der Waals surface area contributed by atoms with Crippen LogP contribution in [0, 0.1) is 0 Å². The number of hydrogen-bond donors (Lipinski definition) is 1. The van der Waals surface area contributed by atoms with Gasteiger partial charge in [0.05, 0.1) is 0 Å². The third-order valence-electron chi connectivity index (χ3n) is 8.94. The number of aromatic hydroxyl groups is 1. The zero-order chi connectivity index (χ0) is 34.9. The van der Waals surface area contributed by atoms with E-state index < -0.39 is 0 Å². The van der Waals surface area contributed by atoms with Crippen LogP contribution in [0.4, 0.5) is 0 Å². The summed E-state index contributed by atoms with van der Waals surface area (Å²) < 4.78 is 0. The van der Waals surface area contributed by atoms with Crippen molar-refractivity contribution in [1.82, 2.24) is 0 Å². The van der Waals surface area contributed by atoms with Crippen LogP contribution in [0.3, 0.4) is 0 Å². The smallest absolute Gasteiger partial charge is 0.119 e. The SMILES string of the molecule is CC(C)=CCCC(C)=CCCC(C)=CCCC(C)=CCCC(C)=CCCC(C)=CCCC(C)=CCCC(C)=CCc1ccccc1O. The third-order valence-corrected chi connectivity index (χ3v) is 8.94. The summed E-state index contributed by atoms with van der Waals surface area (Å²) >= 11 is 0. The number of phenols is 1. The van der Waals surface area contributed by atoms with Gasteiger partial charge in [-0.2, -0.15) is 0 Å². The quantitative estimate of drug-likeness (QED) is 0.118. The molecule has 0 aromatic heterocycles. The Bertz CT molecular complexity index is 1280. The number of para-hydroxylation sites is 1. The highest BCUT2D eigenvalue weighted by molar-refractivity contribution is 5.33. The molecule has 1 aromatic carbocycles. The van der Waals surface area contributed by atoms with Crippen molar-refractivity contribution in [3.8, 4) is 5.75 Å². The topological polar surface area (TPSA) is 20.2 Å². The van der Waals surface area contributed by atoms with Crippen LogP contribution in [0.1, 0.15) is 158 Å². The molecule has 47 heavy (non-hydrogen) atoms. The Balaban J connectivity index is 2.23. The Hall–Kier alpha value is -3.06. The average Bonchev–Trinajstić information content (AvgIpc) is 3.00. The van der Waals surface area contributed by atoms with E-state index in [1.54, 1.807) is 6.07 Å². The van der Waals surface area contributed by atoms with E-state index in [1.165, 1.54) is 83.1 Å². The van der Waals surface area contributed by atoms with Crippen LogP contribution in [0.15, 0.2) is 117 Å². The summed E-state index contributed by atoms with van der Waals surface area (Å²) in [6.07, 6.45) is 36.1. The lowest BCUT2D eigenvalue weighted by Crippen LogP contribution is -1.85. The second kappa shape index (κ2) is 26.0. The molecule has 0 aliphatic carbocycles. The Morgan fingerprint density at radius 3 is 0.979 bits per heavy atom. The highest BCUT2D eigenvalue weighted by Gasteiger charge is 1.99. The molecule has 0 aliphatic heterocycles. The first-order valence-electron chi connectivity index (χ1n) is 18.5. The van der Waals surface area contributed by atoms with Crippen molar-refractivity contribution in [3.63, 3.8) is 0 Å². The van der Waals surface area contributed by atoms with Crippen LogP contribution < -0.4 is 0 Å². The van der Waals surface area contributed by atoms with Crippen LogP contribution in [-0.2, 0) is 6.42 Å². The van der Waals surface area contributed by atoms with E-state index in [1.807, 2.05) is 18.2 Å². The minimum absolute atomic E-state index is 0.389. The van der Waals surface area contributed by atoms with Crippen LogP contribution in [0.5, 0.6) is 5.75 Å². The van der Waals surface area contributed by atoms with Gasteiger partial charge in [0.15, 0.2) is 0 Å². The first-order valence-corrected chi connectivity index (χ1v) is 18.5. The predicted octanol–water partition coefficient (Wildman–Crippen LogP) is 15.0. The summed E-state index contributed by atoms with van der Waals surface area (Å²) in [7, 11) is 0. The van der Waals surface area contributed by atoms with Crippen molar-refractivity contribution in [1.29, 1.82) is 0 Å². The lowest BCUT2D eigenvalue weighted by atomic mass is 10.0. The Kier molecular flexibility index (Phi) is 23.2. The Morgan fingerprint density at radius 1 is 0.404 bits per heavy atom. The fraction of sp³-hybridized carbons (Fsp3) is 0.522.